The fraction of sp³-hybridized carbons (Fsp3) is 0.312. The minimum atomic E-state index is -4.56. The normalized spacial score (nSPS) is 12.8. The number of nitrogens with zero attached hydrogens (tertiary/aromatic N) is 3. The second kappa shape index (κ2) is 8.08. The number of alkyl halides is 3. The van der Waals surface area contributed by atoms with E-state index >= 15 is 0 Å². The van der Waals surface area contributed by atoms with Gasteiger partial charge in [0.25, 0.3) is 5.91 Å². The molecule has 0 bridgehead atoms. The molecule has 1 amide bonds. The van der Waals surface area contributed by atoms with Gasteiger partial charge in [-0.25, -0.2) is 0 Å². The van der Waals surface area contributed by atoms with Crippen molar-refractivity contribution in [2.24, 2.45) is 0 Å². The lowest BCUT2D eigenvalue weighted by Gasteiger charge is -2.14. The second-order valence-electron chi connectivity index (χ2n) is 5.80. The SMILES string of the molecule is CC=CC(=CN[O-])C(=O)Nc1nc2cc(C(F)(F)F)cc(NC(C)C)n2n1. The van der Waals surface area contributed by atoms with Crippen LogP contribution in [0.2, 0.25) is 0 Å². The van der Waals surface area contributed by atoms with Gasteiger partial charge in [-0.3, -0.25) is 10.1 Å². The summed E-state index contributed by atoms with van der Waals surface area (Å²) in [4.78, 5) is 16.1. The van der Waals surface area contributed by atoms with Crippen LogP contribution in [0.15, 0.2) is 36.1 Å². The first-order chi connectivity index (χ1) is 12.7. The number of hydrogen-bond acceptors (Lipinski definition) is 6. The van der Waals surface area contributed by atoms with Crippen molar-refractivity contribution < 1.29 is 18.0 Å². The molecule has 0 aliphatic carbocycles. The Morgan fingerprint density at radius 3 is 2.59 bits per heavy atom. The van der Waals surface area contributed by atoms with Crippen LogP contribution in [0, 0.1) is 5.21 Å². The van der Waals surface area contributed by atoms with Crippen LogP contribution in [-0.2, 0) is 11.0 Å². The van der Waals surface area contributed by atoms with E-state index in [2.05, 4.69) is 20.7 Å². The van der Waals surface area contributed by atoms with Crippen molar-refractivity contribution in [1.82, 2.24) is 20.1 Å². The molecule has 2 aromatic heterocycles. The van der Waals surface area contributed by atoms with E-state index in [1.165, 1.54) is 11.6 Å². The number of nitrogens with one attached hydrogen (secondary N) is 3. The molecular weight excluding hydrogens is 365 g/mol. The van der Waals surface area contributed by atoms with Crippen LogP contribution in [0.25, 0.3) is 5.65 Å². The number of aromatic nitrogens is 3. The molecule has 3 N–H and O–H groups in total. The summed E-state index contributed by atoms with van der Waals surface area (Å²) in [7, 11) is 0. The third kappa shape index (κ3) is 4.97. The van der Waals surface area contributed by atoms with Crippen molar-refractivity contribution in [3.8, 4) is 0 Å². The van der Waals surface area contributed by atoms with Crippen molar-refractivity contribution in [3.05, 3.63) is 46.8 Å². The Labute approximate surface area is 152 Å². The smallest absolute Gasteiger partial charge is 0.416 e. The largest absolute Gasteiger partial charge is 0.761 e. The van der Waals surface area contributed by atoms with Gasteiger partial charge in [0.05, 0.1) is 11.1 Å². The molecule has 0 spiro atoms. The third-order valence-corrected chi connectivity index (χ3v) is 3.25. The topological polar surface area (TPSA) is 106 Å². The zero-order chi connectivity index (χ0) is 20.2. The molecule has 0 aromatic carbocycles. The minimum absolute atomic E-state index is 0.00265. The summed E-state index contributed by atoms with van der Waals surface area (Å²) in [5.41, 5.74) is 0.508. The Kier molecular flexibility index (Phi) is 6.05. The molecule has 0 saturated carbocycles. The summed E-state index contributed by atoms with van der Waals surface area (Å²) in [5, 5.41) is 19.7. The Morgan fingerprint density at radius 2 is 2.04 bits per heavy atom. The van der Waals surface area contributed by atoms with Crippen LogP contribution in [0.3, 0.4) is 0 Å². The molecule has 27 heavy (non-hydrogen) atoms. The molecule has 8 nitrogen and oxygen atoms in total. The zero-order valence-corrected chi connectivity index (χ0v) is 14.8. The molecule has 0 radical (unpaired) electrons. The van der Waals surface area contributed by atoms with Crippen LogP contribution in [0.1, 0.15) is 26.3 Å². The number of pyridine rings is 1. The molecule has 0 aliphatic rings. The molecule has 2 rings (SSSR count). The summed E-state index contributed by atoms with van der Waals surface area (Å²) in [6.07, 6.45) is -0.714. The van der Waals surface area contributed by atoms with Gasteiger partial charge in [0, 0.05) is 6.04 Å². The van der Waals surface area contributed by atoms with Crippen molar-refractivity contribution in [2.75, 3.05) is 10.6 Å². The van der Waals surface area contributed by atoms with Crippen LogP contribution in [-0.4, -0.2) is 26.5 Å². The highest BCUT2D eigenvalue weighted by Gasteiger charge is 2.32. The number of anilines is 2. The van der Waals surface area contributed by atoms with Crippen LogP contribution < -0.4 is 16.1 Å². The molecule has 0 atom stereocenters. The Balaban J connectivity index is 2.45. The van der Waals surface area contributed by atoms with Crippen LogP contribution in [0.4, 0.5) is 24.9 Å². The van der Waals surface area contributed by atoms with Gasteiger partial charge in [-0.2, -0.15) is 22.7 Å². The van der Waals surface area contributed by atoms with Gasteiger partial charge in [-0.1, -0.05) is 12.2 Å². The van der Waals surface area contributed by atoms with E-state index in [0.717, 1.165) is 22.8 Å². The maximum Gasteiger partial charge on any atom is 0.416 e. The number of rotatable bonds is 6. The number of hydrogen-bond donors (Lipinski definition) is 3. The van der Waals surface area contributed by atoms with Crippen molar-refractivity contribution >= 4 is 23.3 Å². The molecule has 0 saturated heterocycles. The molecule has 146 valence electrons. The van der Waals surface area contributed by atoms with Crippen molar-refractivity contribution in [2.45, 2.75) is 33.0 Å². The Bertz CT molecular complexity index is 886. The number of allylic oxidation sites excluding steroid dienone is 1. The monoisotopic (exact) mass is 383 g/mol. The van der Waals surface area contributed by atoms with Gasteiger partial charge in [0.2, 0.25) is 5.95 Å². The summed E-state index contributed by atoms with van der Waals surface area (Å²) < 4.78 is 40.5. The average Bonchev–Trinajstić information content (AvgIpc) is 2.96. The molecule has 0 aliphatic heterocycles. The fourth-order valence-corrected chi connectivity index (χ4v) is 2.21. The summed E-state index contributed by atoms with van der Waals surface area (Å²) in [6, 6.07) is 1.59. The number of amides is 1. The van der Waals surface area contributed by atoms with Gasteiger partial charge in [0.1, 0.15) is 5.82 Å². The quantitative estimate of drug-likeness (QED) is 0.402. The lowest BCUT2D eigenvalue weighted by atomic mass is 10.2. The van der Waals surface area contributed by atoms with E-state index in [-0.39, 0.29) is 29.0 Å². The van der Waals surface area contributed by atoms with Gasteiger partial charge >= 0.3 is 6.18 Å². The predicted molar refractivity (Wildman–Crippen MR) is 94.8 cm³/mol. The molecule has 11 heteroatoms. The van der Waals surface area contributed by atoms with E-state index in [0.29, 0.717) is 0 Å². The summed E-state index contributed by atoms with van der Waals surface area (Å²) in [6.45, 7) is 5.17. The molecule has 0 unspecified atom stereocenters. The number of fused-ring (bicyclic) bond motifs is 1. The lowest BCUT2D eigenvalue weighted by Crippen LogP contribution is -2.16. The maximum absolute atomic E-state index is 13.1. The highest BCUT2D eigenvalue weighted by molar-refractivity contribution is 6.04. The molecule has 2 aromatic rings. The molecular formula is C16H18F3N6O2-. The van der Waals surface area contributed by atoms with Gasteiger partial charge in [-0.05, 0) is 39.1 Å². The van der Waals surface area contributed by atoms with Gasteiger partial charge in [-0.15, -0.1) is 5.10 Å². The standard InChI is InChI=1S/C16H18F3N6O2/c1-4-5-10(8-20-27)14(26)23-15-22-13-7-11(16(17,18)19)6-12(21-9(2)3)25(13)24-15/h4-9,20-21H,1-3H3,(H,23,24,26)/q-1. The summed E-state index contributed by atoms with van der Waals surface area (Å²) in [5.74, 6) is -0.817. The van der Waals surface area contributed by atoms with E-state index in [1.807, 2.05) is 0 Å². The van der Waals surface area contributed by atoms with Crippen molar-refractivity contribution in [1.29, 1.82) is 0 Å². The average molecular weight is 383 g/mol. The Morgan fingerprint density at radius 1 is 1.33 bits per heavy atom. The van der Waals surface area contributed by atoms with Crippen LogP contribution >= 0.6 is 0 Å². The third-order valence-electron chi connectivity index (χ3n) is 3.25. The first-order valence-corrected chi connectivity index (χ1v) is 7.92. The number of carbonyl (C=O) groups excluding carboxylic acids is 1. The van der Waals surface area contributed by atoms with E-state index in [1.54, 1.807) is 26.8 Å². The van der Waals surface area contributed by atoms with E-state index in [4.69, 9.17) is 0 Å². The molecule has 2 heterocycles. The maximum atomic E-state index is 13.1. The van der Waals surface area contributed by atoms with E-state index < -0.39 is 17.6 Å². The summed E-state index contributed by atoms with van der Waals surface area (Å²) >= 11 is 0. The minimum Gasteiger partial charge on any atom is -0.761 e. The fourth-order valence-electron chi connectivity index (χ4n) is 2.21. The second-order valence-corrected chi connectivity index (χ2v) is 5.80. The lowest BCUT2D eigenvalue weighted by molar-refractivity contribution is -0.137. The number of carbonyl (C=O) groups is 1. The first kappa shape index (κ1) is 20.2. The predicted octanol–water partition coefficient (Wildman–Crippen LogP) is 3.05. The van der Waals surface area contributed by atoms with Gasteiger partial charge < -0.3 is 16.0 Å². The van der Waals surface area contributed by atoms with Gasteiger partial charge in [0.15, 0.2) is 5.65 Å². The highest BCUT2D eigenvalue weighted by Crippen LogP contribution is 2.32. The Hall–Kier alpha value is -3.08. The first-order valence-electron chi connectivity index (χ1n) is 7.92. The number of hydroxylamine groups is 1. The number of halogens is 3. The van der Waals surface area contributed by atoms with Crippen LogP contribution in [0.5, 0.6) is 0 Å². The van der Waals surface area contributed by atoms with Crippen molar-refractivity contribution in [3.63, 3.8) is 0 Å². The highest BCUT2D eigenvalue weighted by atomic mass is 19.4. The zero-order valence-electron chi connectivity index (χ0n) is 14.8. The van der Waals surface area contributed by atoms with E-state index in [9.17, 15) is 23.2 Å². The molecule has 0 fully saturated rings.